The second-order valence-electron chi connectivity index (χ2n) is 8.45. The van der Waals surface area contributed by atoms with E-state index >= 15 is 0 Å². The van der Waals surface area contributed by atoms with E-state index in [0.717, 1.165) is 30.5 Å². The molecule has 6 nitrogen and oxygen atoms in total. The zero-order valence-electron chi connectivity index (χ0n) is 18.4. The highest BCUT2D eigenvalue weighted by atomic mass is 35.5. The molecule has 0 saturated heterocycles. The van der Waals surface area contributed by atoms with E-state index in [0.29, 0.717) is 17.7 Å². The van der Waals surface area contributed by atoms with E-state index in [4.69, 9.17) is 16.3 Å². The second kappa shape index (κ2) is 10.0. The number of carbonyl (C=O) groups is 1. The van der Waals surface area contributed by atoms with Gasteiger partial charge in [0.15, 0.2) is 10.8 Å². The monoisotopic (exact) mass is 488 g/mol. The lowest BCUT2D eigenvalue weighted by Crippen LogP contribution is -2.22. The van der Waals surface area contributed by atoms with Crippen LogP contribution in [-0.2, 0) is 6.61 Å². The molecule has 9 heteroatoms. The minimum absolute atomic E-state index is 0.0570. The molecule has 0 bridgehead atoms. The maximum Gasteiger partial charge on any atom is 0.280 e. The summed E-state index contributed by atoms with van der Waals surface area (Å²) in [6.07, 6.45) is 3.43. The fourth-order valence-corrected chi connectivity index (χ4v) is 4.32. The largest absolute Gasteiger partial charge is 0.471 e. The lowest BCUT2D eigenvalue weighted by Gasteiger charge is -2.15. The number of carbonyl (C=O) groups excluding carboxylic acids is 1. The molecule has 1 N–H and O–H groups in total. The molecule has 0 spiro atoms. The molecule has 2 aromatic carbocycles. The highest BCUT2D eigenvalue weighted by Gasteiger charge is 2.28. The van der Waals surface area contributed by atoms with Gasteiger partial charge in [0.25, 0.3) is 5.56 Å². The van der Waals surface area contributed by atoms with E-state index in [9.17, 15) is 23.5 Å². The van der Waals surface area contributed by atoms with Gasteiger partial charge in [-0.25, -0.2) is 13.8 Å². The van der Waals surface area contributed by atoms with Crippen molar-refractivity contribution < 1.29 is 23.4 Å². The molecule has 4 rings (SSSR count). The van der Waals surface area contributed by atoms with E-state index in [1.807, 2.05) is 0 Å². The summed E-state index contributed by atoms with van der Waals surface area (Å²) in [7, 11) is 0. The molecule has 0 aliphatic heterocycles. The van der Waals surface area contributed by atoms with Crippen LogP contribution in [0.5, 0.6) is 5.88 Å². The SMILES string of the molecule is Cc1ccc(C(=O)C[C@H]2CCC[C@H]2O)cc1-n1cnc(OCc2ccc(F)cc2F)c(Cl)c1=O. The summed E-state index contributed by atoms with van der Waals surface area (Å²) >= 11 is 6.19. The van der Waals surface area contributed by atoms with Gasteiger partial charge in [0.2, 0.25) is 5.88 Å². The van der Waals surface area contributed by atoms with Crippen molar-refractivity contribution in [2.24, 2.45) is 5.92 Å². The van der Waals surface area contributed by atoms with Crippen LogP contribution >= 0.6 is 11.6 Å². The van der Waals surface area contributed by atoms with E-state index in [2.05, 4.69) is 4.98 Å². The van der Waals surface area contributed by atoms with Gasteiger partial charge >= 0.3 is 0 Å². The first-order chi connectivity index (χ1) is 16.2. The Morgan fingerprint density at radius 1 is 1.24 bits per heavy atom. The Kier molecular flexibility index (Phi) is 7.09. The summed E-state index contributed by atoms with van der Waals surface area (Å²) < 4.78 is 33.5. The van der Waals surface area contributed by atoms with Crippen molar-refractivity contribution in [1.29, 1.82) is 0 Å². The Balaban J connectivity index is 1.57. The predicted molar refractivity (Wildman–Crippen MR) is 123 cm³/mol. The molecule has 1 heterocycles. The summed E-state index contributed by atoms with van der Waals surface area (Å²) in [6, 6.07) is 8.09. The Hall–Kier alpha value is -3.10. The topological polar surface area (TPSA) is 81.4 Å². The molecule has 2 atom stereocenters. The Morgan fingerprint density at radius 3 is 2.74 bits per heavy atom. The minimum Gasteiger partial charge on any atom is -0.471 e. The van der Waals surface area contributed by atoms with Crippen LogP contribution in [0.2, 0.25) is 5.02 Å². The summed E-state index contributed by atoms with van der Waals surface area (Å²) in [5.74, 6) is -1.85. The van der Waals surface area contributed by atoms with Crippen molar-refractivity contribution in [2.75, 3.05) is 0 Å². The van der Waals surface area contributed by atoms with Crippen LogP contribution in [0.4, 0.5) is 8.78 Å². The number of aromatic nitrogens is 2. The summed E-state index contributed by atoms with van der Waals surface area (Å²) in [5, 5.41) is 9.72. The third-order valence-corrected chi connectivity index (χ3v) is 6.44. The van der Waals surface area contributed by atoms with Crippen molar-refractivity contribution >= 4 is 17.4 Å². The smallest absolute Gasteiger partial charge is 0.280 e. The van der Waals surface area contributed by atoms with E-state index < -0.39 is 23.3 Å². The van der Waals surface area contributed by atoms with Gasteiger partial charge in [-0.3, -0.25) is 14.2 Å². The molecule has 1 fully saturated rings. The molecule has 0 radical (unpaired) electrons. The highest BCUT2D eigenvalue weighted by molar-refractivity contribution is 6.31. The van der Waals surface area contributed by atoms with Gasteiger partial charge in [0, 0.05) is 23.6 Å². The van der Waals surface area contributed by atoms with E-state index in [1.165, 1.54) is 17.0 Å². The van der Waals surface area contributed by atoms with Crippen LogP contribution in [0.3, 0.4) is 0 Å². The van der Waals surface area contributed by atoms with Crippen molar-refractivity contribution in [3.05, 3.63) is 86.4 Å². The van der Waals surface area contributed by atoms with Gasteiger partial charge in [0.1, 0.15) is 24.6 Å². The molecule has 178 valence electrons. The molecule has 0 unspecified atom stereocenters. The molecule has 1 aliphatic carbocycles. The first-order valence-corrected chi connectivity index (χ1v) is 11.3. The number of aryl methyl sites for hydroxylation is 1. The summed E-state index contributed by atoms with van der Waals surface area (Å²) in [4.78, 5) is 29.8. The average molecular weight is 489 g/mol. The van der Waals surface area contributed by atoms with Gasteiger partial charge in [-0.2, -0.15) is 0 Å². The third-order valence-electron chi connectivity index (χ3n) is 6.12. The summed E-state index contributed by atoms with van der Waals surface area (Å²) in [6.45, 7) is 1.49. The second-order valence-corrected chi connectivity index (χ2v) is 8.83. The van der Waals surface area contributed by atoms with Gasteiger partial charge in [0.05, 0.1) is 11.8 Å². The number of nitrogens with zero attached hydrogens (tertiary/aromatic N) is 2. The Bertz CT molecular complexity index is 1290. The van der Waals surface area contributed by atoms with Crippen LogP contribution in [-0.4, -0.2) is 26.5 Å². The maximum absolute atomic E-state index is 13.8. The van der Waals surface area contributed by atoms with Crippen LogP contribution < -0.4 is 10.3 Å². The first-order valence-electron chi connectivity index (χ1n) is 10.9. The number of hydrogen-bond donors (Lipinski definition) is 1. The highest BCUT2D eigenvalue weighted by Crippen LogP contribution is 2.30. The lowest BCUT2D eigenvalue weighted by molar-refractivity contribution is 0.0868. The Labute approximate surface area is 199 Å². The molecule has 3 aromatic rings. The zero-order valence-corrected chi connectivity index (χ0v) is 19.2. The molecule has 1 aliphatic rings. The molecular formula is C25H23ClF2N2O4. The lowest BCUT2D eigenvalue weighted by atomic mass is 9.94. The molecular weight excluding hydrogens is 466 g/mol. The molecule has 1 aromatic heterocycles. The number of halogens is 3. The quantitative estimate of drug-likeness (QED) is 0.484. The number of ketones is 1. The van der Waals surface area contributed by atoms with Crippen LogP contribution in [0.1, 0.15) is 47.2 Å². The number of Topliss-reactive ketones (excluding diaryl/α,β-unsaturated/α-hetero) is 1. The van der Waals surface area contributed by atoms with Gasteiger partial charge in [-0.05, 0) is 49.4 Å². The number of aliphatic hydroxyl groups excluding tert-OH is 1. The fourth-order valence-electron chi connectivity index (χ4n) is 4.13. The van der Waals surface area contributed by atoms with E-state index in [1.54, 1.807) is 25.1 Å². The molecule has 1 saturated carbocycles. The molecule has 34 heavy (non-hydrogen) atoms. The zero-order chi connectivity index (χ0) is 24.4. The van der Waals surface area contributed by atoms with Gasteiger partial charge < -0.3 is 9.84 Å². The van der Waals surface area contributed by atoms with Crippen LogP contribution in [0, 0.1) is 24.5 Å². The van der Waals surface area contributed by atoms with Crippen LogP contribution in [0.25, 0.3) is 5.69 Å². The molecule has 0 amide bonds. The fraction of sp³-hybridized carbons (Fsp3) is 0.320. The number of ether oxygens (including phenoxy) is 1. The van der Waals surface area contributed by atoms with Gasteiger partial charge in [-0.1, -0.05) is 30.2 Å². The number of benzene rings is 2. The third kappa shape index (κ3) is 5.03. The average Bonchev–Trinajstić information content (AvgIpc) is 3.20. The van der Waals surface area contributed by atoms with E-state index in [-0.39, 0.29) is 41.2 Å². The van der Waals surface area contributed by atoms with Crippen molar-refractivity contribution in [2.45, 2.75) is 45.3 Å². The first kappa shape index (κ1) is 24.0. The van der Waals surface area contributed by atoms with Crippen molar-refractivity contribution in [3.8, 4) is 11.6 Å². The summed E-state index contributed by atoms with van der Waals surface area (Å²) in [5.41, 5.74) is 1.05. The van der Waals surface area contributed by atoms with Crippen LogP contribution in [0.15, 0.2) is 47.5 Å². The Morgan fingerprint density at radius 2 is 2.03 bits per heavy atom. The number of rotatable bonds is 7. The van der Waals surface area contributed by atoms with Gasteiger partial charge in [-0.15, -0.1) is 0 Å². The standard InChI is InChI=1S/C25H23ClF2N2O4/c1-14-5-6-16(22(32)10-15-3-2-4-21(15)31)9-20(14)30-13-29-24(23(26)25(30)33)34-12-17-7-8-18(27)11-19(17)28/h5-9,11,13,15,21,31H,2-4,10,12H2,1H3/t15-,21-/m1/s1. The number of hydrogen-bond acceptors (Lipinski definition) is 5. The normalized spacial score (nSPS) is 17.7. The van der Waals surface area contributed by atoms with Crippen molar-refractivity contribution in [3.63, 3.8) is 0 Å². The van der Waals surface area contributed by atoms with Crippen molar-refractivity contribution in [1.82, 2.24) is 9.55 Å². The maximum atomic E-state index is 13.8. The minimum atomic E-state index is -0.785. The number of aliphatic hydroxyl groups is 1. The predicted octanol–water partition coefficient (Wildman–Crippen LogP) is 4.79.